The lowest BCUT2D eigenvalue weighted by Gasteiger charge is -2.31. The van der Waals surface area contributed by atoms with E-state index in [2.05, 4.69) is 10.6 Å². The van der Waals surface area contributed by atoms with Crippen molar-refractivity contribution >= 4 is 17.3 Å². The number of anilines is 2. The SMILES string of the molecule is CC(Nc1ccc2c(c1)OC1(CCCCC1)O2)C(=O)Nc1cccc(F)c1. The standard InChI is InChI=1S/C21H23FN2O3/c1-14(20(25)24-16-7-5-6-15(22)12-16)23-17-8-9-18-19(13-17)27-21(26-18)10-3-2-4-11-21/h5-9,12-14,23H,2-4,10-11H2,1H3,(H,24,25). The Bertz CT molecular complexity index is 849. The molecule has 6 heteroatoms. The molecule has 2 aliphatic rings. The fraction of sp³-hybridized carbons (Fsp3) is 0.381. The van der Waals surface area contributed by atoms with Gasteiger partial charge in [-0.25, -0.2) is 4.39 Å². The van der Waals surface area contributed by atoms with Crippen molar-refractivity contribution < 1.29 is 18.7 Å². The fourth-order valence-electron chi connectivity index (χ4n) is 3.61. The van der Waals surface area contributed by atoms with Crippen LogP contribution in [0.25, 0.3) is 0 Å². The van der Waals surface area contributed by atoms with Gasteiger partial charge in [0.25, 0.3) is 5.79 Å². The van der Waals surface area contributed by atoms with Crippen molar-refractivity contribution in [3.63, 3.8) is 0 Å². The van der Waals surface area contributed by atoms with E-state index in [4.69, 9.17) is 9.47 Å². The van der Waals surface area contributed by atoms with Crippen LogP contribution in [-0.4, -0.2) is 17.7 Å². The fourth-order valence-corrected chi connectivity index (χ4v) is 3.61. The van der Waals surface area contributed by atoms with Crippen LogP contribution in [-0.2, 0) is 4.79 Å². The second kappa shape index (κ2) is 7.10. The van der Waals surface area contributed by atoms with Crippen LogP contribution in [0.15, 0.2) is 42.5 Å². The predicted molar refractivity (Wildman–Crippen MR) is 102 cm³/mol. The average Bonchev–Trinajstić information content (AvgIpc) is 2.98. The Morgan fingerprint density at radius 3 is 2.59 bits per heavy atom. The highest BCUT2D eigenvalue weighted by Gasteiger charge is 2.42. The summed E-state index contributed by atoms with van der Waals surface area (Å²) in [5.74, 6) is 0.307. The summed E-state index contributed by atoms with van der Waals surface area (Å²) in [4.78, 5) is 12.4. The van der Waals surface area contributed by atoms with Crippen molar-refractivity contribution in [2.24, 2.45) is 0 Å². The van der Waals surface area contributed by atoms with Gasteiger partial charge in [0.05, 0.1) is 0 Å². The van der Waals surface area contributed by atoms with Gasteiger partial charge in [-0.05, 0) is 50.1 Å². The Morgan fingerprint density at radius 1 is 1.04 bits per heavy atom. The van der Waals surface area contributed by atoms with Crippen LogP contribution in [0.5, 0.6) is 11.5 Å². The monoisotopic (exact) mass is 370 g/mol. The lowest BCUT2D eigenvalue weighted by Crippen LogP contribution is -2.40. The van der Waals surface area contributed by atoms with Crippen molar-refractivity contribution in [2.45, 2.75) is 50.9 Å². The highest BCUT2D eigenvalue weighted by Crippen LogP contribution is 2.46. The van der Waals surface area contributed by atoms with Gasteiger partial charge in [-0.1, -0.05) is 12.5 Å². The third kappa shape index (κ3) is 3.84. The Hall–Kier alpha value is -2.76. The van der Waals surface area contributed by atoms with E-state index >= 15 is 0 Å². The second-order valence-electron chi connectivity index (χ2n) is 7.20. The molecule has 0 aromatic heterocycles. The van der Waals surface area contributed by atoms with Gasteiger partial charge in [-0.2, -0.15) is 0 Å². The number of fused-ring (bicyclic) bond motifs is 1. The molecule has 2 N–H and O–H groups in total. The number of halogens is 1. The number of nitrogens with one attached hydrogen (secondary N) is 2. The molecule has 1 saturated carbocycles. The van der Waals surface area contributed by atoms with Crippen LogP contribution in [0, 0.1) is 5.82 Å². The van der Waals surface area contributed by atoms with Crippen molar-refractivity contribution in [3.05, 3.63) is 48.3 Å². The molecule has 1 aliphatic carbocycles. The number of amides is 1. The highest BCUT2D eigenvalue weighted by molar-refractivity contribution is 5.96. The third-order valence-corrected chi connectivity index (χ3v) is 5.02. The molecule has 0 radical (unpaired) electrons. The molecule has 1 unspecified atom stereocenters. The van der Waals surface area contributed by atoms with Gasteiger partial charge in [0.15, 0.2) is 11.5 Å². The maximum Gasteiger partial charge on any atom is 0.251 e. The molecule has 1 heterocycles. The number of hydrogen-bond acceptors (Lipinski definition) is 4. The summed E-state index contributed by atoms with van der Waals surface area (Å²) in [5.41, 5.74) is 1.20. The number of benzene rings is 2. The molecule has 4 rings (SSSR count). The van der Waals surface area contributed by atoms with E-state index in [1.165, 1.54) is 18.6 Å². The van der Waals surface area contributed by atoms with E-state index in [1.807, 2.05) is 18.2 Å². The molecule has 1 atom stereocenters. The normalized spacial score (nSPS) is 18.1. The molecule has 2 aromatic rings. The van der Waals surface area contributed by atoms with E-state index in [9.17, 15) is 9.18 Å². The number of carbonyl (C=O) groups excluding carboxylic acids is 1. The van der Waals surface area contributed by atoms with Crippen LogP contribution < -0.4 is 20.1 Å². The topological polar surface area (TPSA) is 59.6 Å². The number of hydrogen-bond donors (Lipinski definition) is 2. The quantitative estimate of drug-likeness (QED) is 0.819. The Kier molecular flexibility index (Phi) is 4.64. The zero-order valence-corrected chi connectivity index (χ0v) is 15.3. The van der Waals surface area contributed by atoms with Crippen molar-refractivity contribution in [3.8, 4) is 11.5 Å². The maximum atomic E-state index is 13.3. The minimum atomic E-state index is -0.514. The first kappa shape index (κ1) is 17.6. The second-order valence-corrected chi connectivity index (χ2v) is 7.20. The Labute approximate surface area is 157 Å². The van der Waals surface area contributed by atoms with Crippen LogP contribution in [0.3, 0.4) is 0 Å². The van der Waals surface area contributed by atoms with Gasteiger partial charge in [0.1, 0.15) is 11.9 Å². The summed E-state index contributed by atoms with van der Waals surface area (Å²) in [7, 11) is 0. The lowest BCUT2D eigenvalue weighted by atomic mass is 9.94. The van der Waals surface area contributed by atoms with E-state index < -0.39 is 11.8 Å². The molecule has 2 aromatic carbocycles. The lowest BCUT2D eigenvalue weighted by molar-refractivity contribution is -0.116. The molecular weight excluding hydrogens is 347 g/mol. The zero-order chi connectivity index (χ0) is 18.9. The first-order valence-electron chi connectivity index (χ1n) is 9.38. The van der Waals surface area contributed by atoms with Gasteiger partial charge in [0, 0.05) is 30.3 Å². The molecule has 0 bridgehead atoms. The van der Waals surface area contributed by atoms with E-state index in [1.54, 1.807) is 19.1 Å². The average molecular weight is 370 g/mol. The molecule has 1 fully saturated rings. The van der Waals surface area contributed by atoms with Gasteiger partial charge in [-0.3, -0.25) is 4.79 Å². The molecule has 1 spiro atoms. The molecule has 27 heavy (non-hydrogen) atoms. The summed E-state index contributed by atoms with van der Waals surface area (Å²) in [6, 6.07) is 10.9. The molecule has 1 amide bonds. The van der Waals surface area contributed by atoms with Gasteiger partial charge in [-0.15, -0.1) is 0 Å². The van der Waals surface area contributed by atoms with E-state index in [0.29, 0.717) is 11.4 Å². The minimum Gasteiger partial charge on any atom is -0.448 e. The van der Waals surface area contributed by atoms with Crippen molar-refractivity contribution in [2.75, 3.05) is 10.6 Å². The third-order valence-electron chi connectivity index (χ3n) is 5.02. The van der Waals surface area contributed by atoms with Gasteiger partial charge in [0.2, 0.25) is 5.91 Å². The Morgan fingerprint density at radius 2 is 1.81 bits per heavy atom. The first-order chi connectivity index (χ1) is 13.0. The highest BCUT2D eigenvalue weighted by atomic mass is 19.1. The minimum absolute atomic E-state index is 0.248. The van der Waals surface area contributed by atoms with Crippen molar-refractivity contribution in [1.29, 1.82) is 0 Å². The van der Waals surface area contributed by atoms with Crippen LogP contribution >= 0.6 is 0 Å². The van der Waals surface area contributed by atoms with Gasteiger partial charge < -0.3 is 20.1 Å². The van der Waals surface area contributed by atoms with Crippen LogP contribution in [0.4, 0.5) is 15.8 Å². The number of ether oxygens (including phenoxy) is 2. The first-order valence-corrected chi connectivity index (χ1v) is 9.38. The number of carbonyl (C=O) groups is 1. The Balaban J connectivity index is 1.40. The van der Waals surface area contributed by atoms with Crippen LogP contribution in [0.1, 0.15) is 39.0 Å². The summed E-state index contributed by atoms with van der Waals surface area (Å²) >= 11 is 0. The number of rotatable bonds is 4. The zero-order valence-electron chi connectivity index (χ0n) is 15.3. The van der Waals surface area contributed by atoms with Gasteiger partial charge >= 0.3 is 0 Å². The van der Waals surface area contributed by atoms with Crippen LogP contribution in [0.2, 0.25) is 0 Å². The van der Waals surface area contributed by atoms with Crippen molar-refractivity contribution in [1.82, 2.24) is 0 Å². The van der Waals surface area contributed by atoms with E-state index in [-0.39, 0.29) is 11.7 Å². The molecule has 5 nitrogen and oxygen atoms in total. The maximum absolute atomic E-state index is 13.3. The molecule has 142 valence electrons. The molecule has 0 saturated heterocycles. The molecular formula is C21H23FN2O3. The summed E-state index contributed by atoms with van der Waals surface area (Å²) in [6.45, 7) is 1.75. The summed E-state index contributed by atoms with van der Waals surface area (Å²) in [5, 5.41) is 5.86. The molecule has 1 aliphatic heterocycles. The smallest absolute Gasteiger partial charge is 0.251 e. The summed E-state index contributed by atoms with van der Waals surface area (Å²) < 4.78 is 25.4. The van der Waals surface area contributed by atoms with E-state index in [0.717, 1.165) is 37.1 Å². The summed E-state index contributed by atoms with van der Waals surface area (Å²) in [6.07, 6.45) is 5.23. The largest absolute Gasteiger partial charge is 0.448 e. The predicted octanol–water partition coefficient (Wildman–Crippen LogP) is 4.70.